The smallest absolute Gasteiger partial charge is 0.357 e. The van der Waals surface area contributed by atoms with Crippen molar-refractivity contribution in [3.05, 3.63) is 30.1 Å². The average molecular weight is 343 g/mol. The van der Waals surface area contributed by atoms with Gasteiger partial charge in [-0.15, -0.1) is 0 Å². The first kappa shape index (κ1) is 17.0. The van der Waals surface area contributed by atoms with Crippen LogP contribution in [0.5, 0.6) is 0 Å². The van der Waals surface area contributed by atoms with Gasteiger partial charge in [0.1, 0.15) is 17.4 Å². The van der Waals surface area contributed by atoms with Crippen molar-refractivity contribution in [2.45, 2.75) is 70.7 Å². The molecule has 2 aliphatic heterocycles. The highest BCUT2D eigenvalue weighted by Crippen LogP contribution is 2.62. The topological polar surface area (TPSA) is 48.4 Å². The lowest BCUT2D eigenvalue weighted by molar-refractivity contribution is -0.209. The van der Waals surface area contributed by atoms with E-state index in [1.54, 1.807) is 12.3 Å². The number of hydrogen-bond acceptors (Lipinski definition) is 4. The molecule has 0 N–H and O–H groups in total. The van der Waals surface area contributed by atoms with Crippen molar-refractivity contribution in [2.75, 3.05) is 0 Å². The SMILES string of the molecule is CC1CCC2[C@@H]1CC1(C(C)C)CC(OC(=O)c3ccccn3)C2(C)O1. The zero-order valence-electron chi connectivity index (χ0n) is 15.7. The molecular weight excluding hydrogens is 314 g/mol. The fourth-order valence-corrected chi connectivity index (χ4v) is 5.64. The molecule has 0 aromatic carbocycles. The fourth-order valence-electron chi connectivity index (χ4n) is 5.64. The molecule has 0 amide bonds. The number of fused-ring (bicyclic) bond motifs is 4. The first-order valence-corrected chi connectivity index (χ1v) is 9.68. The average Bonchev–Trinajstić information content (AvgIpc) is 3.07. The van der Waals surface area contributed by atoms with E-state index in [2.05, 4.69) is 32.7 Å². The van der Waals surface area contributed by atoms with Crippen LogP contribution in [0.3, 0.4) is 0 Å². The van der Waals surface area contributed by atoms with Crippen molar-refractivity contribution in [3.8, 4) is 0 Å². The standard InChI is InChI=1S/C21H29NO3/c1-13(2)21-11-15-14(3)8-9-16(15)20(4,25-21)18(12-21)24-19(23)17-7-5-6-10-22-17/h5-7,10,13-16,18H,8-9,11-12H2,1-4H3/t14?,15-,16?,18?,20?,21?/m1/s1. The maximum atomic E-state index is 12.6. The van der Waals surface area contributed by atoms with Crippen molar-refractivity contribution < 1.29 is 14.3 Å². The summed E-state index contributed by atoms with van der Waals surface area (Å²) in [6, 6.07) is 5.34. The molecule has 1 aromatic rings. The van der Waals surface area contributed by atoms with Gasteiger partial charge in [0, 0.05) is 12.6 Å². The summed E-state index contributed by atoms with van der Waals surface area (Å²) in [5, 5.41) is 0. The van der Waals surface area contributed by atoms with E-state index in [4.69, 9.17) is 9.47 Å². The Morgan fingerprint density at radius 2 is 2.12 bits per heavy atom. The van der Waals surface area contributed by atoms with Crippen LogP contribution in [-0.2, 0) is 9.47 Å². The number of nitrogens with zero attached hydrogens (tertiary/aromatic N) is 1. The Hall–Kier alpha value is -1.42. The molecule has 3 aliphatic rings. The summed E-state index contributed by atoms with van der Waals surface area (Å²) in [5.74, 6) is 1.98. The zero-order valence-corrected chi connectivity index (χ0v) is 15.7. The molecule has 2 bridgehead atoms. The van der Waals surface area contributed by atoms with Crippen LogP contribution in [0.1, 0.15) is 63.9 Å². The van der Waals surface area contributed by atoms with Gasteiger partial charge in [-0.2, -0.15) is 0 Å². The van der Waals surface area contributed by atoms with Crippen LogP contribution in [0.2, 0.25) is 0 Å². The predicted molar refractivity (Wildman–Crippen MR) is 95.1 cm³/mol. The summed E-state index contributed by atoms with van der Waals surface area (Å²) in [7, 11) is 0. The third-order valence-electron chi connectivity index (χ3n) is 7.27. The molecule has 4 nitrogen and oxygen atoms in total. The van der Waals surface area contributed by atoms with Crippen LogP contribution in [0.15, 0.2) is 24.4 Å². The highest BCUT2D eigenvalue weighted by molar-refractivity contribution is 5.87. The Bertz CT molecular complexity index is 660. The second-order valence-electron chi connectivity index (χ2n) is 8.85. The molecule has 0 spiro atoms. The minimum Gasteiger partial charge on any atom is -0.454 e. The molecule has 6 atom stereocenters. The molecule has 2 saturated heterocycles. The van der Waals surface area contributed by atoms with E-state index in [1.165, 1.54) is 12.8 Å². The summed E-state index contributed by atoms with van der Waals surface area (Å²) >= 11 is 0. The Balaban J connectivity index is 1.64. The number of rotatable bonds is 3. The monoisotopic (exact) mass is 343 g/mol. The van der Waals surface area contributed by atoms with Gasteiger partial charge < -0.3 is 9.47 Å². The van der Waals surface area contributed by atoms with E-state index in [-0.39, 0.29) is 23.3 Å². The van der Waals surface area contributed by atoms with Crippen LogP contribution < -0.4 is 0 Å². The number of esters is 1. The maximum absolute atomic E-state index is 12.6. The van der Waals surface area contributed by atoms with Crippen LogP contribution in [0.4, 0.5) is 0 Å². The van der Waals surface area contributed by atoms with Crippen LogP contribution in [-0.4, -0.2) is 28.3 Å². The quantitative estimate of drug-likeness (QED) is 0.770. The first-order valence-electron chi connectivity index (χ1n) is 9.68. The molecule has 25 heavy (non-hydrogen) atoms. The minimum absolute atomic E-state index is 0.163. The Morgan fingerprint density at radius 3 is 2.80 bits per heavy atom. The van der Waals surface area contributed by atoms with Crippen LogP contribution in [0.25, 0.3) is 0 Å². The minimum atomic E-state index is -0.373. The van der Waals surface area contributed by atoms with Crippen molar-refractivity contribution in [2.24, 2.45) is 23.7 Å². The van der Waals surface area contributed by atoms with Gasteiger partial charge in [0.05, 0.1) is 5.60 Å². The predicted octanol–water partition coefficient (Wildman–Crippen LogP) is 4.25. The molecule has 0 radical (unpaired) electrons. The van der Waals surface area contributed by atoms with Crippen molar-refractivity contribution in [1.29, 1.82) is 0 Å². The van der Waals surface area contributed by atoms with Crippen molar-refractivity contribution in [1.82, 2.24) is 4.98 Å². The molecule has 1 aliphatic carbocycles. The van der Waals surface area contributed by atoms with E-state index >= 15 is 0 Å². The Labute approximate surface area is 150 Å². The zero-order chi connectivity index (χ0) is 17.8. The third-order valence-corrected chi connectivity index (χ3v) is 7.27. The summed E-state index contributed by atoms with van der Waals surface area (Å²) in [5.41, 5.74) is -0.158. The molecule has 5 unspecified atom stereocenters. The molecule has 1 aromatic heterocycles. The fraction of sp³-hybridized carbons (Fsp3) is 0.714. The van der Waals surface area contributed by atoms with Gasteiger partial charge in [0.15, 0.2) is 0 Å². The van der Waals surface area contributed by atoms with Crippen LogP contribution >= 0.6 is 0 Å². The molecule has 4 rings (SSSR count). The van der Waals surface area contributed by atoms with E-state index in [9.17, 15) is 4.79 Å². The number of ether oxygens (including phenoxy) is 2. The summed E-state index contributed by atoms with van der Waals surface area (Å²) in [4.78, 5) is 16.8. The number of carbonyl (C=O) groups excluding carboxylic acids is 1. The van der Waals surface area contributed by atoms with E-state index in [0.717, 1.165) is 18.8 Å². The van der Waals surface area contributed by atoms with Gasteiger partial charge >= 0.3 is 5.97 Å². The second-order valence-corrected chi connectivity index (χ2v) is 8.85. The highest BCUT2D eigenvalue weighted by atomic mass is 16.6. The molecule has 1 saturated carbocycles. The van der Waals surface area contributed by atoms with Gasteiger partial charge in [0.25, 0.3) is 0 Å². The largest absolute Gasteiger partial charge is 0.454 e. The number of aromatic nitrogens is 1. The molecular formula is C21H29NO3. The Morgan fingerprint density at radius 1 is 1.32 bits per heavy atom. The summed E-state index contributed by atoms with van der Waals surface area (Å²) < 4.78 is 12.8. The van der Waals surface area contributed by atoms with Gasteiger partial charge in [-0.05, 0) is 55.6 Å². The second kappa shape index (κ2) is 5.80. The third kappa shape index (κ3) is 2.52. The van der Waals surface area contributed by atoms with Crippen molar-refractivity contribution >= 4 is 5.97 Å². The van der Waals surface area contributed by atoms with Gasteiger partial charge in [-0.1, -0.05) is 33.3 Å². The first-order chi connectivity index (χ1) is 11.9. The summed E-state index contributed by atoms with van der Waals surface area (Å²) in [6.07, 6.45) is 5.78. The van der Waals surface area contributed by atoms with E-state index in [1.807, 2.05) is 12.1 Å². The maximum Gasteiger partial charge on any atom is 0.357 e. The van der Waals surface area contributed by atoms with Gasteiger partial charge in [-0.25, -0.2) is 9.78 Å². The lowest BCUT2D eigenvalue weighted by atomic mass is 9.72. The van der Waals surface area contributed by atoms with E-state index in [0.29, 0.717) is 23.4 Å². The number of carbonyl (C=O) groups is 1. The van der Waals surface area contributed by atoms with Crippen LogP contribution in [0, 0.1) is 23.7 Å². The van der Waals surface area contributed by atoms with Gasteiger partial charge in [0.2, 0.25) is 0 Å². The Kier molecular flexibility index (Phi) is 3.95. The molecule has 3 heterocycles. The number of pyridine rings is 1. The normalized spacial score (nSPS) is 42.4. The lowest BCUT2D eigenvalue weighted by Gasteiger charge is -2.48. The molecule has 4 heteroatoms. The van der Waals surface area contributed by atoms with Gasteiger partial charge in [-0.3, -0.25) is 0 Å². The molecule has 136 valence electrons. The van der Waals surface area contributed by atoms with Crippen molar-refractivity contribution in [3.63, 3.8) is 0 Å². The lowest BCUT2D eigenvalue weighted by Crippen LogP contribution is -2.53. The number of hydrogen-bond donors (Lipinski definition) is 0. The molecule has 3 fully saturated rings. The highest BCUT2D eigenvalue weighted by Gasteiger charge is 2.66. The van der Waals surface area contributed by atoms with E-state index < -0.39 is 0 Å². The summed E-state index contributed by atoms with van der Waals surface area (Å²) in [6.45, 7) is 9.04.